The van der Waals surface area contributed by atoms with Crippen LogP contribution in [0.15, 0.2) is 109 Å². The number of carbonyl (C=O) groups excluding carboxylic acids is 4. The fourth-order valence-electron chi connectivity index (χ4n) is 2.96. The molecule has 4 nitrogen and oxygen atoms in total. The SMILES string of the molecule is O=C(C(=O)c1cccc(I)c1)c1cccc(I)c1.O=C(C(=O)c1ccccc1)c1ccccc1. The fraction of sp³-hybridized carbons (Fsp3) is 0. The van der Waals surface area contributed by atoms with Crippen LogP contribution in [-0.4, -0.2) is 23.1 Å². The summed E-state index contributed by atoms with van der Waals surface area (Å²) in [7, 11) is 0. The highest BCUT2D eigenvalue weighted by molar-refractivity contribution is 14.1. The first-order valence-electron chi connectivity index (χ1n) is 10.2. The smallest absolute Gasteiger partial charge is 0.233 e. The topological polar surface area (TPSA) is 68.3 Å². The number of rotatable bonds is 6. The van der Waals surface area contributed by atoms with Gasteiger partial charge in [-0.1, -0.05) is 84.9 Å². The number of ketones is 4. The molecule has 0 unspecified atom stereocenters. The Morgan fingerprint density at radius 2 is 0.676 bits per heavy atom. The maximum absolute atomic E-state index is 12.1. The van der Waals surface area contributed by atoms with Crippen LogP contribution in [-0.2, 0) is 0 Å². The summed E-state index contributed by atoms with van der Waals surface area (Å²) in [6, 6.07) is 31.2. The molecule has 0 aliphatic heterocycles. The van der Waals surface area contributed by atoms with Crippen LogP contribution in [0.1, 0.15) is 41.4 Å². The van der Waals surface area contributed by atoms with E-state index in [1.54, 1.807) is 84.9 Å². The minimum atomic E-state index is -0.466. The molecule has 0 saturated heterocycles. The van der Waals surface area contributed by atoms with Crippen molar-refractivity contribution in [1.82, 2.24) is 0 Å². The van der Waals surface area contributed by atoms with Gasteiger partial charge in [0.2, 0.25) is 23.1 Å². The Morgan fingerprint density at radius 3 is 1.00 bits per heavy atom. The van der Waals surface area contributed by atoms with Gasteiger partial charge in [-0.15, -0.1) is 0 Å². The van der Waals surface area contributed by atoms with Crippen LogP contribution in [0.5, 0.6) is 0 Å². The molecule has 168 valence electrons. The van der Waals surface area contributed by atoms with E-state index >= 15 is 0 Å². The number of hydrogen-bond donors (Lipinski definition) is 0. The van der Waals surface area contributed by atoms with E-state index in [1.807, 2.05) is 24.3 Å². The Labute approximate surface area is 224 Å². The van der Waals surface area contributed by atoms with Gasteiger partial charge in [0.1, 0.15) is 0 Å². The first kappa shape index (κ1) is 25.6. The van der Waals surface area contributed by atoms with E-state index in [9.17, 15) is 19.2 Å². The third kappa shape index (κ3) is 7.01. The summed E-state index contributed by atoms with van der Waals surface area (Å²) in [6.07, 6.45) is 0. The molecule has 0 aliphatic rings. The van der Waals surface area contributed by atoms with Crippen molar-refractivity contribution in [2.24, 2.45) is 0 Å². The first-order chi connectivity index (χ1) is 16.4. The average Bonchev–Trinajstić information content (AvgIpc) is 2.88. The maximum Gasteiger partial charge on any atom is 0.233 e. The van der Waals surface area contributed by atoms with E-state index in [0.29, 0.717) is 22.3 Å². The van der Waals surface area contributed by atoms with E-state index in [1.165, 1.54) is 0 Å². The molecule has 4 aromatic rings. The van der Waals surface area contributed by atoms with Gasteiger partial charge < -0.3 is 0 Å². The van der Waals surface area contributed by atoms with Crippen molar-refractivity contribution in [1.29, 1.82) is 0 Å². The van der Waals surface area contributed by atoms with Crippen molar-refractivity contribution in [2.75, 3.05) is 0 Å². The molecule has 4 rings (SSSR count). The highest BCUT2D eigenvalue weighted by Gasteiger charge is 2.18. The summed E-state index contributed by atoms with van der Waals surface area (Å²) >= 11 is 4.23. The third-order valence-electron chi connectivity index (χ3n) is 4.66. The van der Waals surface area contributed by atoms with E-state index in [2.05, 4.69) is 45.2 Å². The van der Waals surface area contributed by atoms with Crippen LogP contribution in [0.4, 0.5) is 0 Å². The molecular formula is C28H18I2O4. The molecule has 0 heterocycles. The van der Waals surface area contributed by atoms with Gasteiger partial charge in [-0.2, -0.15) is 0 Å². The quantitative estimate of drug-likeness (QED) is 0.130. The lowest BCUT2D eigenvalue weighted by molar-refractivity contribution is 0.0817. The summed E-state index contributed by atoms with van der Waals surface area (Å²) in [4.78, 5) is 47.7. The summed E-state index contributed by atoms with van der Waals surface area (Å²) < 4.78 is 1.88. The van der Waals surface area contributed by atoms with Gasteiger partial charge in [-0.3, -0.25) is 19.2 Å². The van der Waals surface area contributed by atoms with Gasteiger partial charge in [0, 0.05) is 29.4 Å². The zero-order valence-electron chi connectivity index (χ0n) is 17.8. The number of hydrogen-bond acceptors (Lipinski definition) is 4. The predicted molar refractivity (Wildman–Crippen MR) is 149 cm³/mol. The largest absolute Gasteiger partial charge is 0.285 e. The molecule has 4 aromatic carbocycles. The lowest BCUT2D eigenvalue weighted by Crippen LogP contribution is -2.14. The predicted octanol–water partition coefficient (Wildman–Crippen LogP) is 6.71. The van der Waals surface area contributed by atoms with Crippen molar-refractivity contribution in [3.8, 4) is 0 Å². The van der Waals surface area contributed by atoms with Crippen LogP contribution in [0, 0.1) is 7.14 Å². The molecule has 6 heteroatoms. The van der Waals surface area contributed by atoms with Crippen LogP contribution in [0.3, 0.4) is 0 Å². The van der Waals surface area contributed by atoms with Crippen LogP contribution in [0.25, 0.3) is 0 Å². The highest BCUT2D eigenvalue weighted by atomic mass is 127. The van der Waals surface area contributed by atoms with E-state index in [4.69, 9.17) is 0 Å². The maximum atomic E-state index is 12.1. The van der Waals surface area contributed by atoms with Crippen molar-refractivity contribution >= 4 is 68.3 Å². The molecule has 0 fully saturated rings. The number of halogens is 2. The normalized spacial score (nSPS) is 9.94. The minimum Gasteiger partial charge on any atom is -0.285 e. The molecular weight excluding hydrogens is 654 g/mol. The van der Waals surface area contributed by atoms with Crippen LogP contribution >= 0.6 is 45.2 Å². The van der Waals surface area contributed by atoms with Crippen molar-refractivity contribution in [3.63, 3.8) is 0 Å². The summed E-state index contributed by atoms with van der Waals surface area (Å²) in [6.45, 7) is 0. The van der Waals surface area contributed by atoms with Crippen molar-refractivity contribution in [2.45, 2.75) is 0 Å². The zero-order chi connectivity index (χ0) is 24.5. The molecule has 0 aromatic heterocycles. The average molecular weight is 672 g/mol. The molecule has 0 N–H and O–H groups in total. The summed E-state index contributed by atoms with van der Waals surface area (Å²) in [5.41, 5.74) is 1.73. The molecule has 0 amide bonds. The Morgan fingerprint density at radius 1 is 0.382 bits per heavy atom. The molecule has 0 spiro atoms. The second-order valence-corrected chi connectivity index (χ2v) is 9.56. The van der Waals surface area contributed by atoms with Gasteiger partial charge in [0.25, 0.3) is 0 Å². The van der Waals surface area contributed by atoms with Gasteiger partial charge >= 0.3 is 0 Å². The van der Waals surface area contributed by atoms with E-state index in [0.717, 1.165) is 7.14 Å². The second-order valence-electron chi connectivity index (χ2n) is 7.07. The highest BCUT2D eigenvalue weighted by Crippen LogP contribution is 2.14. The van der Waals surface area contributed by atoms with Gasteiger partial charge in [0.05, 0.1) is 0 Å². The first-order valence-corrected chi connectivity index (χ1v) is 12.3. The monoisotopic (exact) mass is 672 g/mol. The van der Waals surface area contributed by atoms with Gasteiger partial charge in [-0.25, -0.2) is 0 Å². The molecule has 34 heavy (non-hydrogen) atoms. The fourth-order valence-corrected chi connectivity index (χ4v) is 4.05. The van der Waals surface area contributed by atoms with Gasteiger partial charge in [-0.05, 0) is 69.4 Å². The number of Topliss-reactive ketones (excluding diaryl/α,β-unsaturated/α-hetero) is 4. The van der Waals surface area contributed by atoms with Crippen molar-refractivity contribution < 1.29 is 19.2 Å². The molecule has 0 radical (unpaired) electrons. The molecule has 0 atom stereocenters. The Bertz CT molecular complexity index is 1230. The Kier molecular flexibility index (Phi) is 9.41. The molecule has 0 aliphatic carbocycles. The summed E-state index contributed by atoms with van der Waals surface area (Å²) in [5, 5.41) is 0. The lowest BCUT2D eigenvalue weighted by atomic mass is 10.0. The van der Waals surface area contributed by atoms with Gasteiger partial charge in [0.15, 0.2) is 0 Å². The Balaban J connectivity index is 0.000000192. The Hall–Kier alpha value is -2.98. The molecule has 0 bridgehead atoms. The zero-order valence-corrected chi connectivity index (χ0v) is 22.1. The van der Waals surface area contributed by atoms with Crippen LogP contribution < -0.4 is 0 Å². The van der Waals surface area contributed by atoms with Crippen molar-refractivity contribution in [3.05, 3.63) is 139 Å². The minimum absolute atomic E-state index is 0.427. The lowest BCUT2D eigenvalue weighted by Gasteiger charge is -2.02. The summed E-state index contributed by atoms with van der Waals surface area (Å²) in [5.74, 6) is -1.86. The third-order valence-corrected chi connectivity index (χ3v) is 6.00. The van der Waals surface area contributed by atoms with Crippen LogP contribution in [0.2, 0.25) is 0 Å². The second kappa shape index (κ2) is 12.5. The standard InChI is InChI=1S/C14H8I2O2.C14H10O2/c15-11-5-1-3-9(7-11)13(17)14(18)10-4-2-6-12(16)8-10;15-13(11-7-3-1-4-8-11)14(16)12-9-5-2-6-10-12/h1-8H;1-10H. The van der Waals surface area contributed by atoms with E-state index in [-0.39, 0.29) is 0 Å². The number of benzene rings is 4. The number of carbonyl (C=O) groups is 4. The van der Waals surface area contributed by atoms with E-state index < -0.39 is 23.1 Å². The molecule has 0 saturated carbocycles.